The smallest absolute Gasteiger partial charge is 0.257 e. The fourth-order valence-electron chi connectivity index (χ4n) is 3.66. The van der Waals surface area contributed by atoms with Crippen LogP contribution in [0, 0.1) is 6.92 Å². The molecule has 0 radical (unpaired) electrons. The van der Waals surface area contributed by atoms with Gasteiger partial charge in [-0.15, -0.1) is 0 Å². The van der Waals surface area contributed by atoms with Crippen LogP contribution in [0.15, 0.2) is 30.5 Å². The first-order valence-corrected chi connectivity index (χ1v) is 9.25. The summed E-state index contributed by atoms with van der Waals surface area (Å²) in [5.74, 6) is 0.521. The molecule has 0 spiro atoms. The van der Waals surface area contributed by atoms with Crippen molar-refractivity contribution in [2.24, 2.45) is 0 Å². The molecular weight excluding hydrogens is 328 g/mol. The minimum atomic E-state index is 0.0370. The molecule has 0 unspecified atom stereocenters. The van der Waals surface area contributed by atoms with Gasteiger partial charge in [-0.3, -0.25) is 9.59 Å². The molecule has 1 aliphatic carbocycles. The third-order valence-electron chi connectivity index (χ3n) is 5.36. The van der Waals surface area contributed by atoms with Gasteiger partial charge < -0.3 is 9.80 Å². The van der Waals surface area contributed by atoms with Crippen molar-refractivity contribution in [1.29, 1.82) is 0 Å². The van der Waals surface area contributed by atoms with Gasteiger partial charge in [-0.05, 0) is 31.4 Å². The van der Waals surface area contributed by atoms with Crippen LogP contribution in [0.5, 0.6) is 0 Å². The number of carbonyl (C=O) groups excluding carboxylic acids is 2. The Morgan fingerprint density at radius 2 is 1.69 bits per heavy atom. The Morgan fingerprint density at radius 3 is 2.31 bits per heavy atom. The molecule has 2 heterocycles. The van der Waals surface area contributed by atoms with E-state index in [0.29, 0.717) is 37.7 Å². The Kier molecular flexibility index (Phi) is 4.26. The molecule has 6 heteroatoms. The summed E-state index contributed by atoms with van der Waals surface area (Å²) < 4.78 is 1.95. The van der Waals surface area contributed by atoms with E-state index >= 15 is 0 Å². The van der Waals surface area contributed by atoms with Gasteiger partial charge in [0.2, 0.25) is 5.91 Å². The summed E-state index contributed by atoms with van der Waals surface area (Å²) in [5.41, 5.74) is 3.94. The second-order valence-electron chi connectivity index (χ2n) is 7.21. The van der Waals surface area contributed by atoms with Gasteiger partial charge in [-0.25, -0.2) is 4.68 Å². The number of nitrogens with zero attached hydrogens (tertiary/aromatic N) is 4. The molecule has 1 aromatic heterocycles. The molecular formula is C20H24N4O2. The fraction of sp³-hybridized carbons (Fsp3) is 0.450. The van der Waals surface area contributed by atoms with E-state index in [1.54, 1.807) is 18.0 Å². The monoisotopic (exact) mass is 352 g/mol. The highest BCUT2D eigenvalue weighted by atomic mass is 16.2. The molecule has 0 N–H and O–H groups in total. The first-order valence-electron chi connectivity index (χ1n) is 9.25. The lowest BCUT2D eigenvalue weighted by molar-refractivity contribution is -0.130. The van der Waals surface area contributed by atoms with Crippen LogP contribution in [0.1, 0.15) is 47.3 Å². The van der Waals surface area contributed by atoms with Crippen LogP contribution in [0.3, 0.4) is 0 Å². The van der Waals surface area contributed by atoms with Crippen LogP contribution in [-0.2, 0) is 4.79 Å². The molecule has 2 amide bonds. The number of aryl methyl sites for hydroxylation is 1. The summed E-state index contributed by atoms with van der Waals surface area (Å²) in [6.45, 7) is 6.01. The van der Waals surface area contributed by atoms with Crippen LogP contribution in [-0.4, -0.2) is 57.6 Å². The standard InChI is InChI=1S/C20H24N4O2/c1-14-5-3-4-6-18(14)24-19(16-7-8-16)17(13-21-24)20(26)23-11-9-22(10-12-23)15(2)25/h3-6,13,16H,7-12H2,1-2H3. The highest BCUT2D eigenvalue weighted by Gasteiger charge is 2.35. The Morgan fingerprint density at radius 1 is 1.04 bits per heavy atom. The summed E-state index contributed by atoms with van der Waals surface area (Å²) >= 11 is 0. The second kappa shape index (κ2) is 6.59. The Hall–Kier alpha value is -2.63. The number of para-hydroxylation sites is 1. The minimum Gasteiger partial charge on any atom is -0.339 e. The topological polar surface area (TPSA) is 58.4 Å². The average Bonchev–Trinajstić information content (AvgIpc) is 3.40. The zero-order chi connectivity index (χ0) is 18.3. The lowest BCUT2D eigenvalue weighted by Crippen LogP contribution is -2.50. The van der Waals surface area contributed by atoms with E-state index in [9.17, 15) is 9.59 Å². The van der Waals surface area contributed by atoms with E-state index in [2.05, 4.69) is 18.1 Å². The molecule has 1 saturated heterocycles. The van der Waals surface area contributed by atoms with Crippen molar-refractivity contribution in [3.05, 3.63) is 47.3 Å². The van der Waals surface area contributed by atoms with E-state index in [1.807, 2.05) is 27.8 Å². The summed E-state index contributed by atoms with van der Waals surface area (Å²) in [5, 5.41) is 4.57. The van der Waals surface area contributed by atoms with Gasteiger partial charge >= 0.3 is 0 Å². The highest BCUT2D eigenvalue weighted by molar-refractivity contribution is 5.95. The Bertz CT molecular complexity index is 845. The first-order chi connectivity index (χ1) is 12.6. The summed E-state index contributed by atoms with van der Waals surface area (Å²) in [6.07, 6.45) is 3.94. The van der Waals surface area contributed by atoms with Crippen LogP contribution < -0.4 is 0 Å². The first kappa shape index (κ1) is 16.8. The zero-order valence-corrected chi connectivity index (χ0v) is 15.3. The van der Waals surface area contributed by atoms with Crippen molar-refractivity contribution in [3.8, 4) is 5.69 Å². The quantitative estimate of drug-likeness (QED) is 0.852. The number of amides is 2. The largest absolute Gasteiger partial charge is 0.339 e. The number of rotatable bonds is 3. The highest BCUT2D eigenvalue weighted by Crippen LogP contribution is 2.43. The number of aromatic nitrogens is 2. The van der Waals surface area contributed by atoms with Gasteiger partial charge in [0.1, 0.15) is 0 Å². The lowest BCUT2D eigenvalue weighted by atomic mass is 10.1. The molecule has 4 rings (SSSR count). The van der Waals surface area contributed by atoms with Crippen LogP contribution in [0.4, 0.5) is 0 Å². The molecule has 1 saturated carbocycles. The molecule has 2 aromatic rings. The van der Waals surface area contributed by atoms with Crippen molar-refractivity contribution in [2.75, 3.05) is 26.2 Å². The number of hydrogen-bond acceptors (Lipinski definition) is 3. The number of carbonyl (C=O) groups is 2. The van der Waals surface area contributed by atoms with Crippen LogP contribution in [0.2, 0.25) is 0 Å². The predicted octanol–water partition coefficient (Wildman–Crippen LogP) is 2.36. The van der Waals surface area contributed by atoms with E-state index < -0.39 is 0 Å². The molecule has 2 aliphatic rings. The Labute approximate surface area is 153 Å². The SMILES string of the molecule is CC(=O)N1CCN(C(=O)c2cnn(-c3ccccc3C)c2C2CC2)CC1. The molecule has 6 nitrogen and oxygen atoms in total. The summed E-state index contributed by atoms with van der Waals surface area (Å²) in [6, 6.07) is 8.13. The second-order valence-corrected chi connectivity index (χ2v) is 7.21. The van der Waals surface area contributed by atoms with E-state index in [0.717, 1.165) is 29.8 Å². The maximum Gasteiger partial charge on any atom is 0.257 e. The zero-order valence-electron chi connectivity index (χ0n) is 15.3. The Balaban J connectivity index is 1.63. The summed E-state index contributed by atoms with van der Waals surface area (Å²) in [7, 11) is 0. The van der Waals surface area contributed by atoms with Crippen LogP contribution >= 0.6 is 0 Å². The predicted molar refractivity (Wildman–Crippen MR) is 98.4 cm³/mol. The normalized spacial score (nSPS) is 17.5. The van der Waals surface area contributed by atoms with Gasteiger partial charge in [0.15, 0.2) is 0 Å². The van der Waals surface area contributed by atoms with Crippen molar-refractivity contribution in [3.63, 3.8) is 0 Å². The number of piperazine rings is 1. The maximum atomic E-state index is 13.1. The van der Waals surface area contributed by atoms with Gasteiger partial charge in [-0.2, -0.15) is 5.10 Å². The minimum absolute atomic E-state index is 0.0370. The third kappa shape index (κ3) is 3.00. The van der Waals surface area contributed by atoms with Gasteiger partial charge in [0.25, 0.3) is 5.91 Å². The van der Waals surface area contributed by atoms with E-state index in [4.69, 9.17) is 0 Å². The third-order valence-corrected chi connectivity index (χ3v) is 5.36. The van der Waals surface area contributed by atoms with Crippen molar-refractivity contribution >= 4 is 11.8 Å². The van der Waals surface area contributed by atoms with E-state index in [1.165, 1.54) is 0 Å². The van der Waals surface area contributed by atoms with Gasteiger partial charge in [0, 0.05) is 39.0 Å². The number of hydrogen-bond donors (Lipinski definition) is 0. The maximum absolute atomic E-state index is 13.1. The molecule has 136 valence electrons. The molecule has 1 aliphatic heterocycles. The molecule has 2 fully saturated rings. The van der Waals surface area contributed by atoms with Gasteiger partial charge in [0.05, 0.1) is 23.1 Å². The van der Waals surface area contributed by atoms with Crippen molar-refractivity contribution in [2.45, 2.75) is 32.6 Å². The van der Waals surface area contributed by atoms with Crippen LogP contribution in [0.25, 0.3) is 5.69 Å². The van der Waals surface area contributed by atoms with Gasteiger partial charge in [-0.1, -0.05) is 18.2 Å². The molecule has 26 heavy (non-hydrogen) atoms. The van der Waals surface area contributed by atoms with Crippen molar-refractivity contribution in [1.82, 2.24) is 19.6 Å². The summed E-state index contributed by atoms with van der Waals surface area (Å²) in [4.78, 5) is 28.3. The lowest BCUT2D eigenvalue weighted by Gasteiger charge is -2.34. The molecule has 0 atom stereocenters. The number of benzene rings is 1. The molecule has 0 bridgehead atoms. The fourth-order valence-corrected chi connectivity index (χ4v) is 3.66. The van der Waals surface area contributed by atoms with E-state index in [-0.39, 0.29) is 11.8 Å². The average molecular weight is 352 g/mol. The molecule has 1 aromatic carbocycles. The van der Waals surface area contributed by atoms with Crippen molar-refractivity contribution < 1.29 is 9.59 Å².